The Hall–Kier alpha value is -1.75. The average Bonchev–Trinajstić information content (AvgIpc) is 2.47. The zero-order valence-corrected chi connectivity index (χ0v) is 11.8. The summed E-state index contributed by atoms with van der Waals surface area (Å²) >= 11 is 0. The second kappa shape index (κ2) is 7.14. The summed E-state index contributed by atoms with van der Waals surface area (Å²) in [6.45, 7) is 3.22. The highest BCUT2D eigenvalue weighted by Crippen LogP contribution is 2.17. The fourth-order valence-corrected chi connectivity index (χ4v) is 2.46. The average molecular weight is 278 g/mol. The van der Waals surface area contributed by atoms with Crippen molar-refractivity contribution >= 4 is 6.09 Å². The molecule has 1 unspecified atom stereocenters. The van der Waals surface area contributed by atoms with E-state index in [9.17, 15) is 9.90 Å². The molecular formula is C15H22N2O3. The Bertz CT molecular complexity index is 433. The number of hydrazine groups is 1. The van der Waals surface area contributed by atoms with Crippen LogP contribution in [0.4, 0.5) is 4.79 Å². The lowest BCUT2D eigenvalue weighted by atomic mass is 10.0. The maximum absolute atomic E-state index is 11.8. The molecule has 0 spiro atoms. The molecule has 0 saturated carbocycles. The number of phenolic OH excluding ortho intramolecular Hbond substituents is 1. The Morgan fingerprint density at radius 3 is 2.85 bits per heavy atom. The lowest BCUT2D eigenvalue weighted by molar-refractivity contribution is 0.0585. The summed E-state index contributed by atoms with van der Waals surface area (Å²) in [5, 5.41) is 11.2. The summed E-state index contributed by atoms with van der Waals surface area (Å²) in [4.78, 5) is 11.8. The van der Waals surface area contributed by atoms with Crippen LogP contribution in [0, 0.1) is 0 Å². The minimum Gasteiger partial charge on any atom is -0.508 e. The number of piperidine rings is 1. The van der Waals surface area contributed by atoms with Crippen LogP contribution in [-0.4, -0.2) is 28.8 Å². The number of aromatic hydroxyl groups is 1. The number of carbonyl (C=O) groups is 1. The normalized spacial score (nSPS) is 19.6. The Morgan fingerprint density at radius 1 is 1.40 bits per heavy atom. The fraction of sp³-hybridized carbons (Fsp3) is 0.533. The largest absolute Gasteiger partial charge is 0.508 e. The SMILES string of the molecule is CCC1CCCCN1NC(=O)OCc1ccc(O)cc1. The van der Waals surface area contributed by atoms with E-state index in [4.69, 9.17) is 4.74 Å². The standard InChI is InChI=1S/C15H22N2O3/c1-2-13-5-3-4-10-17(13)16-15(19)20-11-12-6-8-14(18)9-7-12/h6-9,13,18H,2-5,10-11H2,1H3,(H,16,19). The van der Waals surface area contributed by atoms with Gasteiger partial charge in [-0.2, -0.15) is 0 Å². The van der Waals surface area contributed by atoms with E-state index in [0.29, 0.717) is 6.04 Å². The first kappa shape index (κ1) is 14.7. The number of rotatable bonds is 4. The third-order valence-electron chi connectivity index (χ3n) is 3.64. The molecule has 1 fully saturated rings. The van der Waals surface area contributed by atoms with Crippen LogP contribution >= 0.6 is 0 Å². The first-order valence-corrected chi connectivity index (χ1v) is 7.17. The number of benzene rings is 1. The number of hydrogen-bond donors (Lipinski definition) is 2. The van der Waals surface area contributed by atoms with Crippen LogP contribution in [0.5, 0.6) is 5.75 Å². The summed E-state index contributed by atoms with van der Waals surface area (Å²) in [6, 6.07) is 7.03. The van der Waals surface area contributed by atoms with Crippen molar-refractivity contribution < 1.29 is 14.6 Å². The lowest BCUT2D eigenvalue weighted by Crippen LogP contribution is -2.50. The molecule has 2 rings (SSSR count). The highest BCUT2D eigenvalue weighted by Gasteiger charge is 2.22. The number of nitrogens with one attached hydrogen (secondary N) is 1. The van der Waals surface area contributed by atoms with Crippen molar-refractivity contribution in [2.24, 2.45) is 0 Å². The van der Waals surface area contributed by atoms with Crippen molar-refractivity contribution in [1.82, 2.24) is 10.4 Å². The summed E-state index contributed by atoms with van der Waals surface area (Å²) in [5.41, 5.74) is 3.67. The minimum atomic E-state index is -0.418. The minimum absolute atomic E-state index is 0.205. The quantitative estimate of drug-likeness (QED) is 0.889. The van der Waals surface area contributed by atoms with Gasteiger partial charge in [0.15, 0.2) is 0 Å². The van der Waals surface area contributed by atoms with Gasteiger partial charge in [0.05, 0.1) is 0 Å². The van der Waals surface area contributed by atoms with Gasteiger partial charge in [0.25, 0.3) is 0 Å². The molecule has 20 heavy (non-hydrogen) atoms. The van der Waals surface area contributed by atoms with Crippen LogP contribution in [0.3, 0.4) is 0 Å². The second-order valence-corrected chi connectivity index (χ2v) is 5.11. The van der Waals surface area contributed by atoms with Gasteiger partial charge in [-0.05, 0) is 37.0 Å². The fourth-order valence-electron chi connectivity index (χ4n) is 2.46. The van der Waals surface area contributed by atoms with E-state index in [1.807, 2.05) is 5.01 Å². The molecular weight excluding hydrogens is 256 g/mol. The number of nitrogens with zero attached hydrogens (tertiary/aromatic N) is 1. The monoisotopic (exact) mass is 278 g/mol. The summed E-state index contributed by atoms with van der Waals surface area (Å²) in [7, 11) is 0. The van der Waals surface area contributed by atoms with Crippen LogP contribution in [0.25, 0.3) is 0 Å². The maximum atomic E-state index is 11.8. The van der Waals surface area contributed by atoms with Crippen molar-refractivity contribution in [3.63, 3.8) is 0 Å². The van der Waals surface area contributed by atoms with Crippen molar-refractivity contribution in [2.75, 3.05) is 6.54 Å². The summed E-state index contributed by atoms with van der Waals surface area (Å²) in [6.07, 6.45) is 4.06. The lowest BCUT2D eigenvalue weighted by Gasteiger charge is -2.34. The molecule has 5 heteroatoms. The third kappa shape index (κ3) is 4.13. The van der Waals surface area contributed by atoms with Gasteiger partial charge < -0.3 is 9.84 Å². The molecule has 0 bridgehead atoms. The zero-order chi connectivity index (χ0) is 14.4. The first-order valence-electron chi connectivity index (χ1n) is 7.17. The predicted octanol–water partition coefficient (Wildman–Crippen LogP) is 2.80. The van der Waals surface area contributed by atoms with Crippen LogP contribution in [-0.2, 0) is 11.3 Å². The number of carbonyl (C=O) groups excluding carboxylic acids is 1. The Balaban J connectivity index is 1.78. The molecule has 1 aromatic rings. The third-order valence-corrected chi connectivity index (χ3v) is 3.64. The number of amides is 1. The number of hydrogen-bond acceptors (Lipinski definition) is 4. The molecule has 2 N–H and O–H groups in total. The molecule has 1 heterocycles. The topological polar surface area (TPSA) is 61.8 Å². The van der Waals surface area contributed by atoms with Gasteiger partial charge in [0.2, 0.25) is 0 Å². The van der Waals surface area contributed by atoms with Crippen LogP contribution in [0.1, 0.15) is 38.2 Å². The predicted molar refractivity (Wildman–Crippen MR) is 76.1 cm³/mol. The highest BCUT2D eigenvalue weighted by molar-refractivity contribution is 5.66. The van der Waals surface area contributed by atoms with E-state index in [0.717, 1.165) is 31.4 Å². The molecule has 0 aromatic heterocycles. The molecule has 5 nitrogen and oxygen atoms in total. The molecule has 0 radical (unpaired) electrons. The Morgan fingerprint density at radius 2 is 2.15 bits per heavy atom. The van der Waals surface area contributed by atoms with Crippen molar-refractivity contribution in [3.8, 4) is 5.75 Å². The van der Waals surface area contributed by atoms with Gasteiger partial charge in [0, 0.05) is 12.6 Å². The van der Waals surface area contributed by atoms with Gasteiger partial charge in [-0.1, -0.05) is 25.5 Å². The Kier molecular flexibility index (Phi) is 5.24. The van der Waals surface area contributed by atoms with E-state index in [1.54, 1.807) is 24.3 Å². The van der Waals surface area contributed by atoms with Crippen molar-refractivity contribution in [2.45, 2.75) is 45.3 Å². The van der Waals surface area contributed by atoms with Crippen LogP contribution < -0.4 is 5.43 Å². The molecule has 1 atom stereocenters. The van der Waals surface area contributed by atoms with Crippen molar-refractivity contribution in [3.05, 3.63) is 29.8 Å². The van der Waals surface area contributed by atoms with Gasteiger partial charge >= 0.3 is 6.09 Å². The highest BCUT2D eigenvalue weighted by atomic mass is 16.6. The molecule has 1 saturated heterocycles. The Labute approximate surface area is 119 Å². The zero-order valence-electron chi connectivity index (χ0n) is 11.8. The molecule has 110 valence electrons. The smallest absolute Gasteiger partial charge is 0.422 e. The molecule has 1 aliphatic rings. The first-order chi connectivity index (χ1) is 9.69. The molecule has 1 aromatic carbocycles. The van der Waals surface area contributed by atoms with Crippen molar-refractivity contribution in [1.29, 1.82) is 0 Å². The van der Waals surface area contributed by atoms with Gasteiger partial charge in [0.1, 0.15) is 12.4 Å². The van der Waals surface area contributed by atoms with Gasteiger partial charge in [-0.25, -0.2) is 9.80 Å². The van der Waals surface area contributed by atoms with Gasteiger partial charge in [-0.3, -0.25) is 5.43 Å². The maximum Gasteiger partial charge on any atom is 0.422 e. The van der Waals surface area contributed by atoms with E-state index in [2.05, 4.69) is 12.3 Å². The van der Waals surface area contributed by atoms with Crippen LogP contribution in [0.15, 0.2) is 24.3 Å². The van der Waals surface area contributed by atoms with E-state index < -0.39 is 6.09 Å². The van der Waals surface area contributed by atoms with Gasteiger partial charge in [-0.15, -0.1) is 0 Å². The summed E-state index contributed by atoms with van der Waals surface area (Å²) < 4.78 is 5.19. The second-order valence-electron chi connectivity index (χ2n) is 5.11. The molecule has 1 amide bonds. The van der Waals surface area contributed by atoms with E-state index >= 15 is 0 Å². The van der Waals surface area contributed by atoms with Crippen LogP contribution in [0.2, 0.25) is 0 Å². The molecule has 1 aliphatic heterocycles. The number of phenols is 1. The molecule has 0 aliphatic carbocycles. The summed E-state index contributed by atoms with van der Waals surface area (Å²) in [5.74, 6) is 0.206. The van der Waals surface area contributed by atoms with E-state index in [-0.39, 0.29) is 12.4 Å². The van der Waals surface area contributed by atoms with E-state index in [1.165, 1.54) is 6.42 Å². The number of ether oxygens (including phenoxy) is 1.